The Morgan fingerprint density at radius 1 is 1.05 bits per heavy atom. The average molecular weight is 319 g/mol. The van der Waals surface area contributed by atoms with E-state index in [1.165, 1.54) is 27.3 Å². The van der Waals surface area contributed by atoms with Gasteiger partial charge in [-0.3, -0.25) is 0 Å². The summed E-state index contributed by atoms with van der Waals surface area (Å²) in [5.74, 6) is 0. The number of hydrogen-bond donors (Lipinski definition) is 1. The van der Waals surface area contributed by atoms with Gasteiger partial charge in [-0.05, 0) is 56.0 Å². The fraction of sp³-hybridized carbons (Fsp3) is 0.421. The highest BCUT2D eigenvalue weighted by molar-refractivity contribution is 7.09. The molecule has 0 atom stereocenters. The van der Waals surface area contributed by atoms with Crippen molar-refractivity contribution in [2.24, 2.45) is 5.73 Å². The fourth-order valence-corrected chi connectivity index (χ4v) is 2.65. The third kappa shape index (κ3) is 7.53. The van der Waals surface area contributed by atoms with Gasteiger partial charge in [0, 0.05) is 17.5 Å². The molecule has 2 rings (SSSR count). The summed E-state index contributed by atoms with van der Waals surface area (Å²) in [7, 11) is 0. The zero-order valence-corrected chi connectivity index (χ0v) is 15.7. The Kier molecular flexibility index (Phi) is 9.63. The van der Waals surface area contributed by atoms with Crippen LogP contribution in [0.1, 0.15) is 46.8 Å². The molecule has 22 heavy (non-hydrogen) atoms. The predicted octanol–water partition coefficient (Wildman–Crippen LogP) is 5.12. The second-order valence-corrected chi connectivity index (χ2v) is 6.61. The molecule has 0 aliphatic heterocycles. The van der Waals surface area contributed by atoms with Crippen molar-refractivity contribution in [2.45, 2.75) is 54.0 Å². The monoisotopic (exact) mass is 318 g/mol. The van der Waals surface area contributed by atoms with Crippen LogP contribution in [0.15, 0.2) is 30.7 Å². The van der Waals surface area contributed by atoms with E-state index in [4.69, 9.17) is 5.73 Å². The van der Waals surface area contributed by atoms with Crippen LogP contribution in [-0.2, 0) is 6.42 Å². The Morgan fingerprint density at radius 2 is 1.55 bits per heavy atom. The van der Waals surface area contributed by atoms with Gasteiger partial charge in [-0.15, -0.1) is 24.5 Å². The number of nitrogens with two attached hydrogens (primary N) is 1. The summed E-state index contributed by atoms with van der Waals surface area (Å²) in [6.07, 6.45) is 0.964. The molecule has 2 N–H and O–H groups in total. The minimum absolute atomic E-state index is 0.333. The van der Waals surface area contributed by atoms with Crippen molar-refractivity contribution in [3.63, 3.8) is 0 Å². The highest BCUT2D eigenvalue weighted by atomic mass is 32.1. The standard InChI is InChI=1S/C14H17NS.C3H9N.C2H4/c1-9-5-11(3)13(6-10(9)2)7-14-15-12(4)8-16-14;1-3(2)4;1-2/h5-6,8H,7H2,1-4H3;3H,4H2,1-2H3;1-2H2. The van der Waals surface area contributed by atoms with Crippen molar-refractivity contribution < 1.29 is 0 Å². The largest absolute Gasteiger partial charge is 0.328 e. The van der Waals surface area contributed by atoms with Crippen LogP contribution in [-0.4, -0.2) is 11.0 Å². The van der Waals surface area contributed by atoms with Crippen molar-refractivity contribution in [2.75, 3.05) is 0 Å². The van der Waals surface area contributed by atoms with Crippen LogP contribution in [0.25, 0.3) is 0 Å². The molecule has 0 unspecified atom stereocenters. The molecule has 1 aromatic heterocycles. The maximum absolute atomic E-state index is 5.11. The second-order valence-electron chi connectivity index (χ2n) is 5.67. The van der Waals surface area contributed by atoms with Gasteiger partial charge in [-0.2, -0.15) is 0 Å². The molecule has 1 heterocycles. The lowest BCUT2D eigenvalue weighted by Gasteiger charge is -2.08. The van der Waals surface area contributed by atoms with E-state index in [0.717, 1.165) is 12.1 Å². The summed E-state index contributed by atoms with van der Waals surface area (Å²) in [5.41, 5.74) is 11.8. The Bertz CT molecular complexity index is 568. The molecule has 0 bridgehead atoms. The van der Waals surface area contributed by atoms with E-state index >= 15 is 0 Å². The predicted molar refractivity (Wildman–Crippen MR) is 101 cm³/mol. The third-order valence-corrected chi connectivity index (χ3v) is 3.93. The Balaban J connectivity index is 0.000000640. The maximum Gasteiger partial charge on any atom is 0.0972 e. The number of hydrogen-bond acceptors (Lipinski definition) is 3. The second kappa shape index (κ2) is 10.3. The van der Waals surface area contributed by atoms with E-state index in [9.17, 15) is 0 Å². The summed E-state index contributed by atoms with van der Waals surface area (Å²) < 4.78 is 0. The van der Waals surface area contributed by atoms with Crippen LogP contribution in [0.5, 0.6) is 0 Å². The molecular weight excluding hydrogens is 288 g/mol. The van der Waals surface area contributed by atoms with Gasteiger partial charge in [0.15, 0.2) is 0 Å². The molecule has 2 nitrogen and oxygen atoms in total. The molecule has 0 aliphatic carbocycles. The minimum Gasteiger partial charge on any atom is -0.328 e. The SMILES string of the molecule is C=C.CC(C)N.Cc1csc(Cc2cc(C)c(C)cc2C)n1. The van der Waals surface area contributed by atoms with Crippen LogP contribution >= 0.6 is 11.3 Å². The van der Waals surface area contributed by atoms with Crippen molar-refractivity contribution in [1.29, 1.82) is 0 Å². The number of rotatable bonds is 2. The fourth-order valence-electron chi connectivity index (χ4n) is 1.86. The van der Waals surface area contributed by atoms with Gasteiger partial charge in [0.25, 0.3) is 0 Å². The molecule has 0 aliphatic rings. The van der Waals surface area contributed by atoms with Gasteiger partial charge >= 0.3 is 0 Å². The molecule has 0 saturated carbocycles. The van der Waals surface area contributed by atoms with Gasteiger partial charge in [0.2, 0.25) is 0 Å². The Morgan fingerprint density at radius 3 is 2.00 bits per heavy atom. The molecule has 1 aromatic carbocycles. The summed E-state index contributed by atoms with van der Waals surface area (Å²) >= 11 is 1.75. The van der Waals surface area contributed by atoms with E-state index in [2.05, 4.69) is 56.4 Å². The number of thiazole rings is 1. The first-order valence-electron chi connectivity index (χ1n) is 7.53. The highest BCUT2D eigenvalue weighted by Crippen LogP contribution is 2.20. The maximum atomic E-state index is 5.11. The van der Waals surface area contributed by atoms with E-state index in [1.54, 1.807) is 11.3 Å². The number of aromatic nitrogens is 1. The van der Waals surface area contributed by atoms with E-state index in [0.29, 0.717) is 6.04 Å². The topological polar surface area (TPSA) is 38.9 Å². The van der Waals surface area contributed by atoms with Crippen molar-refractivity contribution in [1.82, 2.24) is 4.98 Å². The minimum atomic E-state index is 0.333. The van der Waals surface area contributed by atoms with Crippen LogP contribution in [0.4, 0.5) is 0 Å². The number of benzene rings is 1. The van der Waals surface area contributed by atoms with E-state index in [1.807, 2.05) is 20.8 Å². The molecule has 2 aromatic rings. The molecule has 0 amide bonds. The number of nitrogens with zero attached hydrogens (tertiary/aromatic N) is 1. The van der Waals surface area contributed by atoms with Gasteiger partial charge in [-0.1, -0.05) is 26.0 Å². The summed E-state index contributed by atoms with van der Waals surface area (Å²) in [5, 5.41) is 3.33. The van der Waals surface area contributed by atoms with Crippen LogP contribution < -0.4 is 5.73 Å². The summed E-state index contributed by atoms with van der Waals surface area (Å²) in [6.45, 7) is 18.5. The van der Waals surface area contributed by atoms with Gasteiger partial charge in [0.05, 0.1) is 5.01 Å². The smallest absolute Gasteiger partial charge is 0.0972 e. The Labute approximate surface area is 140 Å². The van der Waals surface area contributed by atoms with Gasteiger partial charge in [0.1, 0.15) is 0 Å². The first-order valence-corrected chi connectivity index (χ1v) is 8.41. The normalized spacial score (nSPS) is 9.64. The average Bonchev–Trinajstić information content (AvgIpc) is 2.83. The molecule has 122 valence electrons. The molecular formula is C19H30N2S. The van der Waals surface area contributed by atoms with Gasteiger partial charge < -0.3 is 5.73 Å². The van der Waals surface area contributed by atoms with Crippen molar-refractivity contribution >= 4 is 11.3 Å². The van der Waals surface area contributed by atoms with E-state index < -0.39 is 0 Å². The van der Waals surface area contributed by atoms with Crippen molar-refractivity contribution in [3.05, 3.63) is 63.6 Å². The first-order chi connectivity index (χ1) is 10.3. The summed E-state index contributed by atoms with van der Waals surface area (Å²) in [6, 6.07) is 4.90. The quantitative estimate of drug-likeness (QED) is 0.780. The molecule has 0 spiro atoms. The van der Waals surface area contributed by atoms with Gasteiger partial charge in [-0.25, -0.2) is 4.98 Å². The lowest BCUT2D eigenvalue weighted by Crippen LogP contribution is -2.06. The lowest BCUT2D eigenvalue weighted by atomic mass is 9.99. The first kappa shape index (κ1) is 20.6. The lowest BCUT2D eigenvalue weighted by molar-refractivity contribution is 0.834. The van der Waals surface area contributed by atoms with Crippen molar-refractivity contribution in [3.8, 4) is 0 Å². The van der Waals surface area contributed by atoms with Crippen LogP contribution in [0.3, 0.4) is 0 Å². The number of aryl methyl sites for hydroxylation is 4. The molecule has 0 saturated heterocycles. The molecule has 0 radical (unpaired) electrons. The third-order valence-electron chi connectivity index (χ3n) is 2.96. The van der Waals surface area contributed by atoms with E-state index in [-0.39, 0.29) is 0 Å². The molecule has 0 fully saturated rings. The van der Waals surface area contributed by atoms with Crippen LogP contribution in [0, 0.1) is 27.7 Å². The molecule has 3 heteroatoms. The van der Waals surface area contributed by atoms with Crippen LogP contribution in [0.2, 0.25) is 0 Å². The summed E-state index contributed by atoms with van der Waals surface area (Å²) in [4.78, 5) is 4.52. The zero-order chi connectivity index (χ0) is 17.3. The Hall–Kier alpha value is -1.45. The zero-order valence-electron chi connectivity index (χ0n) is 14.9. The highest BCUT2D eigenvalue weighted by Gasteiger charge is 2.05.